The minimum absolute atomic E-state index is 0.0655. The van der Waals surface area contributed by atoms with Gasteiger partial charge in [-0.25, -0.2) is 0 Å². The summed E-state index contributed by atoms with van der Waals surface area (Å²) in [6, 6.07) is 35.7. The van der Waals surface area contributed by atoms with Crippen molar-refractivity contribution in [3.8, 4) is 0 Å². The topological polar surface area (TPSA) is 6.48 Å². The summed E-state index contributed by atoms with van der Waals surface area (Å²) >= 11 is 9.96. The molecule has 6 aromatic rings. The van der Waals surface area contributed by atoms with Crippen LogP contribution in [-0.2, 0) is 36.5 Å². The number of aryl methyl sites for hydroxylation is 5. The molecule has 0 spiro atoms. The third kappa shape index (κ3) is 9.95. The zero-order chi connectivity index (χ0) is 43.3. The van der Waals surface area contributed by atoms with Gasteiger partial charge in [-0.2, -0.15) is 0 Å². The summed E-state index contributed by atoms with van der Waals surface area (Å²) in [7, 11) is 0. The quantitative estimate of drug-likeness (QED) is 0.0850. The van der Waals surface area contributed by atoms with Gasteiger partial charge in [-0.3, -0.25) is 0 Å². The Labute approximate surface area is 378 Å². The summed E-state index contributed by atoms with van der Waals surface area (Å²) in [5.74, 6) is 0. The number of anilines is 6. The molecule has 1 aliphatic carbocycles. The van der Waals surface area contributed by atoms with Gasteiger partial charge in [0.15, 0.2) is 0 Å². The summed E-state index contributed by atoms with van der Waals surface area (Å²) in [6.07, 6.45) is 16.1. The lowest BCUT2D eigenvalue weighted by molar-refractivity contribution is 0.332. The molecule has 1 aliphatic rings. The first-order valence-corrected chi connectivity index (χ1v) is 24.9. The van der Waals surface area contributed by atoms with Gasteiger partial charge in [0.1, 0.15) is 0 Å². The van der Waals surface area contributed by atoms with Gasteiger partial charge in [0.05, 0.1) is 22.1 Å². The van der Waals surface area contributed by atoms with E-state index in [0.29, 0.717) is 0 Å². The molecule has 0 radical (unpaired) electrons. The summed E-state index contributed by atoms with van der Waals surface area (Å²) in [5, 5.41) is 4.42. The standard InChI is InChI=1S/C57H71ClN2S/c1-10-14-19-41-23-18-24-45(34-41)59(47-35-43(21-16-12-3)33-44(36-47)22-17-13-4)51-31-40(5)32-52(55(51)58)60(53-39-61-54-28-25-42(20-15-11-2)37-48(53)54)46-26-27-49-50(38-46)57(8,9)30-29-56(49,6)7/h18,23-28,31-39H,10-17,19-22,29-30H2,1-9H3. The predicted octanol–water partition coefficient (Wildman–Crippen LogP) is 18.5. The summed E-state index contributed by atoms with van der Waals surface area (Å²) < 4.78 is 1.30. The molecule has 0 fully saturated rings. The first-order chi connectivity index (χ1) is 29.4. The van der Waals surface area contributed by atoms with Crippen molar-refractivity contribution in [3.05, 3.63) is 140 Å². The monoisotopic (exact) mass is 851 g/mol. The first kappa shape index (κ1) is 45.0. The maximum absolute atomic E-state index is 8.12. The zero-order valence-corrected chi connectivity index (χ0v) is 40.4. The van der Waals surface area contributed by atoms with Crippen LogP contribution >= 0.6 is 22.9 Å². The number of rotatable bonds is 18. The molecule has 0 bridgehead atoms. The number of hydrogen-bond donors (Lipinski definition) is 0. The van der Waals surface area contributed by atoms with Crippen LogP contribution in [0.2, 0.25) is 5.02 Å². The van der Waals surface area contributed by atoms with Crippen LogP contribution in [0, 0.1) is 6.92 Å². The Morgan fingerprint density at radius 3 is 1.69 bits per heavy atom. The van der Waals surface area contributed by atoms with Gasteiger partial charge in [-0.05, 0) is 182 Å². The number of fused-ring (bicyclic) bond motifs is 2. The molecule has 0 aliphatic heterocycles. The second-order valence-electron chi connectivity index (χ2n) is 19.3. The molecule has 0 saturated carbocycles. The lowest BCUT2D eigenvalue weighted by Crippen LogP contribution is -2.34. The lowest BCUT2D eigenvalue weighted by atomic mass is 9.63. The fourth-order valence-electron chi connectivity index (χ4n) is 9.53. The Bertz CT molecular complexity index is 2410. The molecular formula is C57H71ClN2S. The molecule has 322 valence electrons. The normalized spacial score (nSPS) is 14.3. The molecule has 2 nitrogen and oxygen atoms in total. The van der Waals surface area contributed by atoms with E-state index in [1.54, 1.807) is 0 Å². The molecule has 7 rings (SSSR count). The van der Waals surface area contributed by atoms with Gasteiger partial charge in [-0.1, -0.05) is 123 Å². The van der Waals surface area contributed by atoms with E-state index in [1.807, 2.05) is 11.3 Å². The van der Waals surface area contributed by atoms with Gasteiger partial charge in [0.25, 0.3) is 0 Å². The van der Waals surface area contributed by atoms with Crippen molar-refractivity contribution < 1.29 is 0 Å². The Hall–Kier alpha value is -4.05. The van der Waals surface area contributed by atoms with Crippen LogP contribution in [0.4, 0.5) is 34.1 Å². The van der Waals surface area contributed by atoms with E-state index in [1.165, 1.54) is 118 Å². The second-order valence-corrected chi connectivity index (χ2v) is 20.6. The molecule has 0 unspecified atom stereocenters. The van der Waals surface area contributed by atoms with Crippen molar-refractivity contribution in [2.24, 2.45) is 0 Å². The number of unbranched alkanes of at least 4 members (excludes halogenated alkanes) is 4. The molecule has 5 aromatic carbocycles. The van der Waals surface area contributed by atoms with Crippen LogP contribution in [-0.4, -0.2) is 0 Å². The van der Waals surface area contributed by atoms with E-state index in [9.17, 15) is 0 Å². The largest absolute Gasteiger partial charge is 0.309 e. The highest BCUT2D eigenvalue weighted by Gasteiger charge is 2.38. The summed E-state index contributed by atoms with van der Waals surface area (Å²) in [6.45, 7) is 21.1. The first-order valence-electron chi connectivity index (χ1n) is 23.6. The van der Waals surface area contributed by atoms with Crippen LogP contribution in [0.25, 0.3) is 10.1 Å². The van der Waals surface area contributed by atoms with Crippen LogP contribution in [0.5, 0.6) is 0 Å². The maximum Gasteiger partial charge on any atom is 0.0887 e. The van der Waals surface area contributed by atoms with Gasteiger partial charge < -0.3 is 9.80 Å². The van der Waals surface area contributed by atoms with Gasteiger partial charge in [0, 0.05) is 32.5 Å². The van der Waals surface area contributed by atoms with Crippen LogP contribution < -0.4 is 9.80 Å². The van der Waals surface area contributed by atoms with E-state index in [-0.39, 0.29) is 10.8 Å². The van der Waals surface area contributed by atoms with E-state index < -0.39 is 0 Å². The van der Waals surface area contributed by atoms with E-state index in [0.717, 1.165) is 59.9 Å². The summed E-state index contributed by atoms with van der Waals surface area (Å²) in [5.41, 5.74) is 16.6. The minimum Gasteiger partial charge on any atom is -0.309 e. The van der Waals surface area contributed by atoms with Crippen molar-refractivity contribution in [3.63, 3.8) is 0 Å². The van der Waals surface area contributed by atoms with E-state index >= 15 is 0 Å². The molecule has 0 N–H and O–H groups in total. The van der Waals surface area contributed by atoms with Gasteiger partial charge >= 0.3 is 0 Å². The summed E-state index contributed by atoms with van der Waals surface area (Å²) in [4.78, 5) is 4.98. The van der Waals surface area contributed by atoms with Crippen LogP contribution in [0.15, 0.2) is 96.4 Å². The van der Waals surface area contributed by atoms with Crippen molar-refractivity contribution in [1.29, 1.82) is 0 Å². The Morgan fingerprint density at radius 2 is 1.07 bits per heavy atom. The molecule has 1 heterocycles. The molecule has 0 amide bonds. The Balaban J connectivity index is 1.50. The van der Waals surface area contributed by atoms with Crippen molar-refractivity contribution in [1.82, 2.24) is 0 Å². The lowest BCUT2D eigenvalue weighted by Gasteiger charge is -2.42. The van der Waals surface area contributed by atoms with Gasteiger partial charge in [-0.15, -0.1) is 11.3 Å². The predicted molar refractivity (Wildman–Crippen MR) is 271 cm³/mol. The Kier molecular flexibility index (Phi) is 14.4. The maximum atomic E-state index is 8.12. The minimum atomic E-state index is 0.0655. The van der Waals surface area contributed by atoms with Gasteiger partial charge in [0.2, 0.25) is 0 Å². The number of nitrogens with zero attached hydrogens (tertiary/aromatic N) is 2. The SMILES string of the molecule is CCCCc1cccc(N(c2cc(CCCC)cc(CCCC)c2)c2cc(C)cc(N(c3ccc4c(c3)C(C)(C)CCC4(C)C)c3csc4ccc(CCCC)cc34)c2Cl)c1. The third-order valence-electron chi connectivity index (χ3n) is 13.4. The van der Waals surface area contributed by atoms with E-state index in [4.69, 9.17) is 11.6 Å². The van der Waals surface area contributed by atoms with Crippen molar-refractivity contribution in [2.45, 2.75) is 163 Å². The zero-order valence-electron chi connectivity index (χ0n) is 38.8. The molecule has 0 saturated heterocycles. The molecular weight excluding hydrogens is 780 g/mol. The third-order valence-corrected chi connectivity index (χ3v) is 14.7. The fourth-order valence-corrected chi connectivity index (χ4v) is 10.7. The molecule has 0 atom stereocenters. The highest BCUT2D eigenvalue weighted by Crippen LogP contribution is 2.52. The number of benzene rings is 5. The average molecular weight is 852 g/mol. The highest BCUT2D eigenvalue weighted by atomic mass is 35.5. The van der Waals surface area contributed by atoms with Crippen molar-refractivity contribution in [2.75, 3.05) is 9.80 Å². The molecule has 61 heavy (non-hydrogen) atoms. The number of thiophene rings is 1. The average Bonchev–Trinajstić information content (AvgIpc) is 3.66. The molecule has 1 aromatic heterocycles. The van der Waals surface area contributed by atoms with E-state index in [2.05, 4.69) is 168 Å². The molecule has 4 heteroatoms. The fraction of sp³-hybridized carbons (Fsp3) is 0.439. The highest BCUT2D eigenvalue weighted by molar-refractivity contribution is 7.17. The van der Waals surface area contributed by atoms with Crippen LogP contribution in [0.3, 0.4) is 0 Å². The van der Waals surface area contributed by atoms with Crippen molar-refractivity contribution >= 4 is 67.1 Å². The number of halogens is 1. The second kappa shape index (κ2) is 19.6. The van der Waals surface area contributed by atoms with Crippen LogP contribution in [0.1, 0.15) is 159 Å². The number of hydrogen-bond acceptors (Lipinski definition) is 3. The smallest absolute Gasteiger partial charge is 0.0887 e. The Morgan fingerprint density at radius 1 is 0.525 bits per heavy atom.